The second-order valence-corrected chi connectivity index (χ2v) is 7.91. The van der Waals surface area contributed by atoms with Gasteiger partial charge in [-0.2, -0.15) is 0 Å². The van der Waals surface area contributed by atoms with E-state index in [2.05, 4.69) is 9.97 Å². The van der Waals surface area contributed by atoms with Crippen molar-refractivity contribution in [2.24, 2.45) is 0 Å². The summed E-state index contributed by atoms with van der Waals surface area (Å²) in [6, 6.07) is 9.25. The van der Waals surface area contributed by atoms with E-state index in [0.717, 1.165) is 18.4 Å². The Labute approximate surface area is 179 Å². The van der Waals surface area contributed by atoms with Gasteiger partial charge in [0.1, 0.15) is 0 Å². The van der Waals surface area contributed by atoms with Crippen LogP contribution in [0.15, 0.2) is 47.5 Å². The molecule has 1 N–H and O–H groups in total. The molecular formula is C22H24N4O3S. The van der Waals surface area contributed by atoms with E-state index in [1.54, 1.807) is 37.7 Å². The zero-order valence-electron chi connectivity index (χ0n) is 16.8. The molecule has 1 amide bonds. The number of fused-ring (bicyclic) bond motifs is 1. The van der Waals surface area contributed by atoms with Gasteiger partial charge in [-0.05, 0) is 61.3 Å². The molecule has 3 aromatic rings. The molecule has 0 saturated heterocycles. The molecule has 1 aliphatic rings. The fourth-order valence-electron chi connectivity index (χ4n) is 3.56. The summed E-state index contributed by atoms with van der Waals surface area (Å²) >= 11 is 5.38. The van der Waals surface area contributed by atoms with Gasteiger partial charge in [-0.3, -0.25) is 19.1 Å². The lowest BCUT2D eigenvalue weighted by atomic mass is 10.1. The number of aromatic amines is 1. The van der Waals surface area contributed by atoms with E-state index in [1.807, 2.05) is 17.0 Å². The predicted molar refractivity (Wildman–Crippen MR) is 117 cm³/mol. The number of nitrogens with zero attached hydrogens (tertiary/aromatic N) is 3. The topological polar surface area (TPSA) is 80.2 Å². The Balaban J connectivity index is 1.63. The third kappa shape index (κ3) is 4.34. The molecule has 1 fully saturated rings. The van der Waals surface area contributed by atoms with Crippen molar-refractivity contribution in [3.8, 4) is 0 Å². The van der Waals surface area contributed by atoms with Crippen LogP contribution in [0, 0.1) is 4.77 Å². The lowest BCUT2D eigenvalue weighted by Gasteiger charge is -2.22. The average Bonchev–Trinajstić information content (AvgIpc) is 3.59. The van der Waals surface area contributed by atoms with Crippen molar-refractivity contribution in [3.05, 3.63) is 69.0 Å². The van der Waals surface area contributed by atoms with E-state index in [-0.39, 0.29) is 17.5 Å². The number of hydrogen-bond acceptors (Lipinski definition) is 5. The van der Waals surface area contributed by atoms with Gasteiger partial charge in [-0.1, -0.05) is 6.07 Å². The highest BCUT2D eigenvalue weighted by Crippen LogP contribution is 2.30. The number of benzene rings is 1. The Morgan fingerprint density at radius 1 is 1.37 bits per heavy atom. The van der Waals surface area contributed by atoms with Gasteiger partial charge in [0.05, 0.1) is 10.9 Å². The van der Waals surface area contributed by atoms with Gasteiger partial charge in [-0.25, -0.2) is 0 Å². The largest absolute Gasteiger partial charge is 0.385 e. The van der Waals surface area contributed by atoms with Crippen molar-refractivity contribution in [1.82, 2.24) is 19.4 Å². The summed E-state index contributed by atoms with van der Waals surface area (Å²) in [4.78, 5) is 35.2. The molecular weight excluding hydrogens is 400 g/mol. The summed E-state index contributed by atoms with van der Waals surface area (Å²) < 4.78 is 6.94. The van der Waals surface area contributed by atoms with E-state index in [9.17, 15) is 9.59 Å². The quantitative estimate of drug-likeness (QED) is 0.443. The first kappa shape index (κ1) is 20.4. The van der Waals surface area contributed by atoms with Crippen molar-refractivity contribution in [2.45, 2.75) is 38.4 Å². The predicted octanol–water partition coefficient (Wildman–Crippen LogP) is 3.30. The standard InChI is InChI=1S/C22H24N4O3S/c1-29-11-3-10-25-21(28)18-8-5-16(12-19(18)24-22(25)30)20(27)26(17-6-7-17)14-15-4-2-9-23-13-15/h2,4-5,8-9,12-13,17H,3,6-7,10-11,14H2,1H3,(H,24,30). The molecule has 7 nitrogen and oxygen atoms in total. The van der Waals surface area contributed by atoms with E-state index in [4.69, 9.17) is 17.0 Å². The number of amides is 1. The molecule has 0 spiro atoms. The van der Waals surface area contributed by atoms with Crippen LogP contribution in [-0.2, 0) is 17.8 Å². The summed E-state index contributed by atoms with van der Waals surface area (Å²) in [7, 11) is 1.63. The third-order valence-corrected chi connectivity index (χ3v) is 5.61. The van der Waals surface area contributed by atoms with E-state index in [0.29, 0.717) is 47.4 Å². The molecule has 2 heterocycles. The smallest absolute Gasteiger partial charge is 0.262 e. The van der Waals surface area contributed by atoms with E-state index in [1.165, 1.54) is 4.57 Å². The summed E-state index contributed by atoms with van der Waals surface area (Å²) in [5.41, 5.74) is 1.96. The van der Waals surface area contributed by atoms with Crippen LogP contribution < -0.4 is 5.56 Å². The first-order valence-electron chi connectivity index (χ1n) is 10.0. The number of carbonyl (C=O) groups is 1. The zero-order valence-corrected chi connectivity index (χ0v) is 17.7. The van der Waals surface area contributed by atoms with Crippen molar-refractivity contribution >= 4 is 29.0 Å². The molecule has 0 aliphatic heterocycles. The minimum absolute atomic E-state index is 0.0492. The second kappa shape index (κ2) is 8.89. The molecule has 2 aromatic heterocycles. The number of carbonyl (C=O) groups excluding carboxylic acids is 1. The summed E-state index contributed by atoms with van der Waals surface area (Å²) in [5.74, 6) is -0.0492. The minimum Gasteiger partial charge on any atom is -0.385 e. The monoisotopic (exact) mass is 424 g/mol. The first-order chi connectivity index (χ1) is 14.6. The van der Waals surface area contributed by atoms with Crippen molar-refractivity contribution in [1.29, 1.82) is 0 Å². The molecule has 0 bridgehead atoms. The van der Waals surface area contributed by atoms with Crippen LogP contribution in [0.1, 0.15) is 35.2 Å². The molecule has 8 heteroatoms. The summed E-state index contributed by atoms with van der Waals surface area (Å²) in [6.07, 6.45) is 6.22. The number of H-pyrrole nitrogens is 1. The fraction of sp³-hybridized carbons (Fsp3) is 0.364. The van der Waals surface area contributed by atoms with Crippen LogP contribution in [0.2, 0.25) is 0 Å². The van der Waals surface area contributed by atoms with Crippen molar-refractivity contribution in [2.75, 3.05) is 13.7 Å². The number of nitrogens with one attached hydrogen (secondary N) is 1. The summed E-state index contributed by atoms with van der Waals surface area (Å²) in [6.45, 7) is 1.56. The lowest BCUT2D eigenvalue weighted by molar-refractivity contribution is 0.0730. The molecule has 1 aliphatic carbocycles. The number of hydrogen-bond donors (Lipinski definition) is 1. The van der Waals surface area contributed by atoms with Crippen molar-refractivity contribution in [3.63, 3.8) is 0 Å². The Morgan fingerprint density at radius 2 is 2.20 bits per heavy atom. The maximum absolute atomic E-state index is 13.3. The maximum Gasteiger partial charge on any atom is 0.262 e. The number of aromatic nitrogens is 3. The van der Waals surface area contributed by atoms with E-state index >= 15 is 0 Å². The lowest BCUT2D eigenvalue weighted by Crippen LogP contribution is -2.32. The Morgan fingerprint density at radius 3 is 2.90 bits per heavy atom. The van der Waals surface area contributed by atoms with Gasteiger partial charge in [-0.15, -0.1) is 0 Å². The van der Waals surface area contributed by atoms with Gasteiger partial charge >= 0.3 is 0 Å². The molecule has 0 atom stereocenters. The highest BCUT2D eigenvalue weighted by atomic mass is 32.1. The number of pyridine rings is 1. The van der Waals surface area contributed by atoms with E-state index < -0.39 is 0 Å². The van der Waals surface area contributed by atoms with Gasteiger partial charge in [0.25, 0.3) is 11.5 Å². The molecule has 1 aromatic carbocycles. The van der Waals surface area contributed by atoms with Crippen LogP contribution in [-0.4, -0.2) is 45.1 Å². The van der Waals surface area contributed by atoms with Crippen LogP contribution in [0.3, 0.4) is 0 Å². The third-order valence-electron chi connectivity index (χ3n) is 5.28. The highest BCUT2D eigenvalue weighted by Gasteiger charge is 2.33. The van der Waals surface area contributed by atoms with Crippen LogP contribution >= 0.6 is 12.2 Å². The Bertz CT molecular complexity index is 1170. The first-order valence-corrected chi connectivity index (χ1v) is 10.4. The Kier molecular flexibility index (Phi) is 6.06. The van der Waals surface area contributed by atoms with Crippen molar-refractivity contribution < 1.29 is 9.53 Å². The van der Waals surface area contributed by atoms with Gasteiger partial charge in [0.15, 0.2) is 4.77 Å². The number of rotatable bonds is 8. The molecule has 0 unspecified atom stereocenters. The van der Waals surface area contributed by atoms with Gasteiger partial charge in [0, 0.05) is 50.8 Å². The molecule has 0 radical (unpaired) electrons. The SMILES string of the molecule is COCCCn1c(=S)[nH]c2cc(C(=O)N(Cc3cccnc3)C3CC3)ccc2c1=O. The maximum atomic E-state index is 13.3. The van der Waals surface area contributed by atoms with Gasteiger partial charge in [0.2, 0.25) is 0 Å². The Hall–Kier alpha value is -2.84. The normalized spacial score (nSPS) is 13.5. The second-order valence-electron chi connectivity index (χ2n) is 7.52. The van der Waals surface area contributed by atoms with Gasteiger partial charge < -0.3 is 14.6 Å². The molecule has 4 rings (SSSR count). The minimum atomic E-state index is -0.154. The number of ether oxygens (including phenoxy) is 1. The highest BCUT2D eigenvalue weighted by molar-refractivity contribution is 7.71. The zero-order chi connectivity index (χ0) is 21.1. The molecule has 30 heavy (non-hydrogen) atoms. The molecule has 1 saturated carbocycles. The van der Waals surface area contributed by atoms with Crippen LogP contribution in [0.25, 0.3) is 10.9 Å². The molecule has 156 valence electrons. The van der Waals surface area contributed by atoms with Crippen LogP contribution in [0.4, 0.5) is 0 Å². The summed E-state index contributed by atoms with van der Waals surface area (Å²) in [5, 5.41) is 0.516. The number of methoxy groups -OCH3 is 1. The van der Waals surface area contributed by atoms with Crippen LogP contribution in [0.5, 0.6) is 0 Å². The fourth-order valence-corrected chi connectivity index (χ4v) is 3.85. The average molecular weight is 425 g/mol.